The molecule has 26 heavy (non-hydrogen) atoms. The predicted octanol–water partition coefficient (Wildman–Crippen LogP) is 2.03. The number of benzene rings is 1. The molecule has 0 radical (unpaired) electrons. The zero-order chi connectivity index (χ0) is 18.0. The van der Waals surface area contributed by atoms with E-state index in [1.54, 1.807) is 0 Å². The summed E-state index contributed by atoms with van der Waals surface area (Å²) in [5.41, 5.74) is 1.00. The maximum Gasteiger partial charge on any atom is 0.233 e. The SMILES string of the molecule is Cc1nnc(SCC(=O)N2CCC3(CC2)OCCO3)n1-c1ccccc1. The monoisotopic (exact) mass is 374 g/mol. The molecule has 0 bridgehead atoms. The largest absolute Gasteiger partial charge is 0.347 e. The summed E-state index contributed by atoms with van der Waals surface area (Å²) >= 11 is 1.42. The number of likely N-dealkylation sites (tertiary alicyclic amines) is 1. The summed E-state index contributed by atoms with van der Waals surface area (Å²) in [4.78, 5) is 14.5. The summed E-state index contributed by atoms with van der Waals surface area (Å²) in [5.74, 6) is 0.818. The lowest BCUT2D eigenvalue weighted by molar-refractivity contribution is -0.186. The van der Waals surface area contributed by atoms with Crippen LogP contribution in [0.15, 0.2) is 35.5 Å². The van der Waals surface area contributed by atoms with Crippen LogP contribution in [-0.4, -0.2) is 63.4 Å². The molecule has 0 N–H and O–H groups in total. The van der Waals surface area contributed by atoms with E-state index in [4.69, 9.17) is 9.47 Å². The van der Waals surface area contributed by atoms with E-state index in [1.165, 1.54) is 11.8 Å². The van der Waals surface area contributed by atoms with Crippen LogP contribution in [0.1, 0.15) is 18.7 Å². The number of nitrogens with zero attached hydrogens (tertiary/aromatic N) is 4. The summed E-state index contributed by atoms with van der Waals surface area (Å²) in [6.07, 6.45) is 1.48. The molecule has 0 aliphatic carbocycles. The van der Waals surface area contributed by atoms with Gasteiger partial charge in [-0.1, -0.05) is 30.0 Å². The van der Waals surface area contributed by atoms with Gasteiger partial charge in [-0.25, -0.2) is 0 Å². The molecule has 138 valence electrons. The molecule has 1 spiro atoms. The van der Waals surface area contributed by atoms with Gasteiger partial charge in [0.15, 0.2) is 10.9 Å². The Balaban J connectivity index is 1.37. The fraction of sp³-hybridized carbons (Fsp3) is 0.500. The van der Waals surface area contributed by atoms with Crippen molar-refractivity contribution >= 4 is 17.7 Å². The minimum atomic E-state index is -0.450. The first kappa shape index (κ1) is 17.5. The second-order valence-corrected chi connectivity index (χ2v) is 7.42. The number of piperidine rings is 1. The first-order valence-corrected chi connectivity index (χ1v) is 9.81. The third kappa shape index (κ3) is 3.49. The quantitative estimate of drug-likeness (QED) is 0.763. The number of carbonyl (C=O) groups excluding carboxylic acids is 1. The Hall–Kier alpha value is -1.90. The normalized spacial score (nSPS) is 19.2. The van der Waals surface area contributed by atoms with Crippen LogP contribution in [-0.2, 0) is 14.3 Å². The smallest absolute Gasteiger partial charge is 0.233 e. The van der Waals surface area contributed by atoms with E-state index in [9.17, 15) is 4.79 Å². The van der Waals surface area contributed by atoms with Gasteiger partial charge in [-0.2, -0.15) is 0 Å². The minimum absolute atomic E-state index is 0.114. The molecule has 2 aliphatic rings. The molecule has 8 heteroatoms. The van der Waals surface area contributed by atoms with E-state index in [0.717, 1.165) is 29.5 Å². The van der Waals surface area contributed by atoms with Gasteiger partial charge in [-0.05, 0) is 19.1 Å². The number of ether oxygens (including phenoxy) is 2. The molecular formula is C18H22N4O3S. The Kier molecular flexibility index (Phi) is 4.97. The minimum Gasteiger partial charge on any atom is -0.347 e. The summed E-state index contributed by atoms with van der Waals surface area (Å²) in [5, 5.41) is 9.13. The van der Waals surface area contributed by atoms with Crippen molar-refractivity contribution < 1.29 is 14.3 Å². The van der Waals surface area contributed by atoms with Crippen LogP contribution in [0, 0.1) is 6.92 Å². The highest BCUT2D eigenvalue weighted by molar-refractivity contribution is 7.99. The van der Waals surface area contributed by atoms with Crippen LogP contribution >= 0.6 is 11.8 Å². The third-order valence-corrected chi connectivity index (χ3v) is 5.74. The maximum atomic E-state index is 12.6. The van der Waals surface area contributed by atoms with Crippen molar-refractivity contribution in [1.82, 2.24) is 19.7 Å². The second kappa shape index (κ2) is 7.38. The Bertz CT molecular complexity index is 764. The van der Waals surface area contributed by atoms with Gasteiger partial charge in [-0.3, -0.25) is 9.36 Å². The standard InChI is InChI=1S/C18H22N4O3S/c1-14-19-20-17(22(14)15-5-3-2-4-6-15)26-13-16(23)21-9-7-18(8-10-21)24-11-12-25-18/h2-6H,7-13H2,1H3. The van der Waals surface area contributed by atoms with Crippen molar-refractivity contribution in [2.75, 3.05) is 32.1 Å². The van der Waals surface area contributed by atoms with Gasteiger partial charge in [0, 0.05) is 31.6 Å². The highest BCUT2D eigenvalue weighted by Gasteiger charge is 2.40. The third-order valence-electron chi connectivity index (χ3n) is 4.83. The Morgan fingerprint density at radius 1 is 1.15 bits per heavy atom. The summed E-state index contributed by atoms with van der Waals surface area (Å²) in [7, 11) is 0. The van der Waals surface area contributed by atoms with E-state index < -0.39 is 5.79 Å². The average molecular weight is 374 g/mol. The molecule has 1 amide bonds. The zero-order valence-corrected chi connectivity index (χ0v) is 15.6. The average Bonchev–Trinajstić information content (AvgIpc) is 3.28. The van der Waals surface area contributed by atoms with Crippen molar-refractivity contribution in [1.29, 1.82) is 0 Å². The van der Waals surface area contributed by atoms with E-state index >= 15 is 0 Å². The maximum absolute atomic E-state index is 12.6. The Morgan fingerprint density at radius 3 is 2.54 bits per heavy atom. The Labute approximate surface area is 156 Å². The van der Waals surface area contributed by atoms with Crippen LogP contribution in [0.3, 0.4) is 0 Å². The van der Waals surface area contributed by atoms with Crippen LogP contribution in [0.4, 0.5) is 0 Å². The lowest BCUT2D eigenvalue weighted by Gasteiger charge is -2.37. The van der Waals surface area contributed by atoms with Gasteiger partial charge in [0.2, 0.25) is 5.91 Å². The van der Waals surface area contributed by atoms with Crippen molar-refractivity contribution in [3.63, 3.8) is 0 Å². The Morgan fingerprint density at radius 2 is 1.85 bits per heavy atom. The van der Waals surface area contributed by atoms with E-state index in [1.807, 2.05) is 46.7 Å². The fourth-order valence-electron chi connectivity index (χ4n) is 3.41. The molecule has 3 heterocycles. The van der Waals surface area contributed by atoms with Crippen LogP contribution in [0.5, 0.6) is 0 Å². The zero-order valence-electron chi connectivity index (χ0n) is 14.8. The number of hydrogen-bond donors (Lipinski definition) is 0. The van der Waals surface area contributed by atoms with Crippen molar-refractivity contribution in [2.45, 2.75) is 30.7 Å². The van der Waals surface area contributed by atoms with E-state index in [-0.39, 0.29) is 5.91 Å². The van der Waals surface area contributed by atoms with Gasteiger partial charge in [0.25, 0.3) is 0 Å². The first-order valence-electron chi connectivity index (χ1n) is 8.83. The lowest BCUT2D eigenvalue weighted by atomic mass is 10.0. The highest BCUT2D eigenvalue weighted by atomic mass is 32.2. The van der Waals surface area contributed by atoms with Gasteiger partial charge in [0.05, 0.1) is 19.0 Å². The van der Waals surface area contributed by atoms with Gasteiger partial charge >= 0.3 is 0 Å². The molecule has 0 unspecified atom stereocenters. The van der Waals surface area contributed by atoms with Crippen LogP contribution in [0.2, 0.25) is 0 Å². The van der Waals surface area contributed by atoms with Crippen LogP contribution in [0.25, 0.3) is 5.69 Å². The van der Waals surface area contributed by atoms with E-state index in [2.05, 4.69) is 10.2 Å². The molecular weight excluding hydrogens is 352 g/mol. The topological polar surface area (TPSA) is 69.5 Å². The highest BCUT2D eigenvalue weighted by Crippen LogP contribution is 2.31. The van der Waals surface area contributed by atoms with Gasteiger partial charge in [0.1, 0.15) is 5.82 Å². The number of carbonyl (C=O) groups is 1. The number of amides is 1. The molecule has 7 nitrogen and oxygen atoms in total. The van der Waals surface area contributed by atoms with Gasteiger partial charge in [-0.15, -0.1) is 10.2 Å². The number of para-hydroxylation sites is 1. The van der Waals surface area contributed by atoms with Gasteiger partial charge < -0.3 is 14.4 Å². The second-order valence-electron chi connectivity index (χ2n) is 6.48. The number of thioether (sulfide) groups is 1. The summed E-state index contributed by atoms with van der Waals surface area (Å²) < 4.78 is 13.4. The van der Waals surface area contributed by atoms with Crippen molar-refractivity contribution in [2.24, 2.45) is 0 Å². The predicted molar refractivity (Wildman–Crippen MR) is 97.3 cm³/mol. The lowest BCUT2D eigenvalue weighted by Crippen LogP contribution is -2.47. The molecule has 2 aliphatic heterocycles. The molecule has 1 aromatic heterocycles. The van der Waals surface area contributed by atoms with Crippen molar-refractivity contribution in [3.05, 3.63) is 36.2 Å². The summed E-state index contributed by atoms with van der Waals surface area (Å²) in [6.45, 7) is 4.56. The molecule has 2 aromatic rings. The van der Waals surface area contributed by atoms with E-state index in [0.29, 0.717) is 32.1 Å². The molecule has 4 rings (SSSR count). The molecule has 2 saturated heterocycles. The van der Waals surface area contributed by atoms with Crippen LogP contribution < -0.4 is 0 Å². The van der Waals surface area contributed by atoms with Crippen molar-refractivity contribution in [3.8, 4) is 5.69 Å². The molecule has 0 saturated carbocycles. The number of aryl methyl sites for hydroxylation is 1. The molecule has 0 atom stereocenters. The number of hydrogen-bond acceptors (Lipinski definition) is 6. The first-order chi connectivity index (χ1) is 12.7. The number of aromatic nitrogens is 3. The summed E-state index contributed by atoms with van der Waals surface area (Å²) in [6, 6.07) is 9.94. The molecule has 1 aromatic carbocycles. The number of rotatable bonds is 4. The fourth-order valence-corrected chi connectivity index (χ4v) is 4.31. The molecule has 2 fully saturated rings.